The SMILES string of the molecule is O=C1CCC(c2ncc(C3CCC3)[nH]2)CC1. The molecule has 2 aliphatic carbocycles. The van der Waals surface area contributed by atoms with Gasteiger partial charge in [0, 0.05) is 36.6 Å². The van der Waals surface area contributed by atoms with Crippen molar-refractivity contribution in [1.82, 2.24) is 9.97 Å². The smallest absolute Gasteiger partial charge is 0.132 e. The normalized spacial score (nSPS) is 23.4. The maximum Gasteiger partial charge on any atom is 0.132 e. The van der Waals surface area contributed by atoms with Gasteiger partial charge in [-0.05, 0) is 25.7 Å². The van der Waals surface area contributed by atoms with Gasteiger partial charge in [0.25, 0.3) is 0 Å². The summed E-state index contributed by atoms with van der Waals surface area (Å²) in [5.74, 6) is 2.76. The highest BCUT2D eigenvalue weighted by molar-refractivity contribution is 5.79. The summed E-state index contributed by atoms with van der Waals surface area (Å²) in [6.45, 7) is 0. The molecule has 0 amide bonds. The van der Waals surface area contributed by atoms with Gasteiger partial charge in [-0.15, -0.1) is 0 Å². The van der Waals surface area contributed by atoms with Crippen LogP contribution in [-0.2, 0) is 4.79 Å². The summed E-state index contributed by atoms with van der Waals surface area (Å²) in [4.78, 5) is 19.2. The standard InChI is InChI=1S/C13H18N2O/c16-11-6-4-10(5-7-11)13-14-8-12(15-13)9-2-1-3-9/h8-10H,1-7H2,(H,14,15). The van der Waals surface area contributed by atoms with Crippen LogP contribution in [0.2, 0.25) is 0 Å². The third kappa shape index (κ3) is 1.79. The van der Waals surface area contributed by atoms with Crippen LogP contribution in [0.25, 0.3) is 0 Å². The number of nitrogens with one attached hydrogen (secondary N) is 1. The van der Waals surface area contributed by atoms with E-state index in [1.165, 1.54) is 25.0 Å². The molecule has 2 fully saturated rings. The van der Waals surface area contributed by atoms with Crippen molar-refractivity contribution < 1.29 is 4.79 Å². The molecule has 3 rings (SSSR count). The van der Waals surface area contributed by atoms with Gasteiger partial charge in [-0.25, -0.2) is 4.98 Å². The number of hydrogen-bond acceptors (Lipinski definition) is 2. The molecule has 86 valence electrons. The fourth-order valence-electron chi connectivity index (χ4n) is 2.70. The van der Waals surface area contributed by atoms with E-state index < -0.39 is 0 Å². The Morgan fingerprint density at radius 3 is 2.50 bits per heavy atom. The van der Waals surface area contributed by atoms with Crippen LogP contribution in [-0.4, -0.2) is 15.8 Å². The summed E-state index contributed by atoms with van der Waals surface area (Å²) in [6.07, 6.45) is 9.43. The molecular formula is C13H18N2O. The number of ketones is 1. The first-order chi connectivity index (χ1) is 7.83. The van der Waals surface area contributed by atoms with Crippen molar-refractivity contribution in [1.29, 1.82) is 0 Å². The number of Topliss-reactive ketones (excluding diaryl/α,β-unsaturated/α-hetero) is 1. The van der Waals surface area contributed by atoms with Crippen molar-refractivity contribution in [2.45, 2.75) is 56.8 Å². The van der Waals surface area contributed by atoms with Gasteiger partial charge in [-0.2, -0.15) is 0 Å². The fraction of sp³-hybridized carbons (Fsp3) is 0.692. The molecule has 1 aromatic heterocycles. The minimum absolute atomic E-state index is 0.419. The Balaban J connectivity index is 1.69. The summed E-state index contributed by atoms with van der Waals surface area (Å²) in [5.41, 5.74) is 1.32. The van der Waals surface area contributed by atoms with Crippen LogP contribution in [0.15, 0.2) is 6.20 Å². The molecule has 2 saturated carbocycles. The molecular weight excluding hydrogens is 200 g/mol. The molecule has 0 bridgehead atoms. The van der Waals surface area contributed by atoms with Crippen molar-refractivity contribution in [3.8, 4) is 0 Å². The van der Waals surface area contributed by atoms with Crippen LogP contribution in [0.5, 0.6) is 0 Å². The lowest BCUT2D eigenvalue weighted by atomic mass is 9.83. The van der Waals surface area contributed by atoms with Gasteiger partial charge in [0.2, 0.25) is 0 Å². The minimum Gasteiger partial charge on any atom is -0.345 e. The molecule has 0 spiro atoms. The van der Waals surface area contributed by atoms with E-state index in [1.807, 2.05) is 6.20 Å². The van der Waals surface area contributed by atoms with Gasteiger partial charge in [-0.3, -0.25) is 4.79 Å². The molecule has 0 aliphatic heterocycles. The van der Waals surface area contributed by atoms with Gasteiger partial charge in [0.1, 0.15) is 11.6 Å². The van der Waals surface area contributed by atoms with E-state index in [0.717, 1.165) is 37.4 Å². The van der Waals surface area contributed by atoms with Crippen molar-refractivity contribution in [2.24, 2.45) is 0 Å². The minimum atomic E-state index is 0.419. The number of aromatic nitrogens is 2. The highest BCUT2D eigenvalue weighted by Crippen LogP contribution is 2.37. The second-order valence-electron chi connectivity index (χ2n) is 5.16. The first-order valence-corrected chi connectivity index (χ1v) is 6.39. The molecule has 0 saturated heterocycles. The van der Waals surface area contributed by atoms with Gasteiger partial charge in [0.15, 0.2) is 0 Å². The van der Waals surface area contributed by atoms with Crippen LogP contribution < -0.4 is 0 Å². The summed E-state index contributed by atoms with van der Waals surface area (Å²) in [6, 6.07) is 0. The number of hydrogen-bond donors (Lipinski definition) is 1. The monoisotopic (exact) mass is 218 g/mol. The number of nitrogens with zero attached hydrogens (tertiary/aromatic N) is 1. The zero-order valence-electron chi connectivity index (χ0n) is 9.54. The third-order valence-corrected chi connectivity index (χ3v) is 4.09. The van der Waals surface area contributed by atoms with Crippen molar-refractivity contribution in [3.63, 3.8) is 0 Å². The van der Waals surface area contributed by atoms with E-state index >= 15 is 0 Å². The predicted molar refractivity (Wildman–Crippen MR) is 61.4 cm³/mol. The summed E-state index contributed by atoms with van der Waals surface area (Å²) in [7, 11) is 0. The predicted octanol–water partition coefficient (Wildman–Crippen LogP) is 2.90. The fourth-order valence-corrected chi connectivity index (χ4v) is 2.70. The number of aromatic amines is 1. The summed E-state index contributed by atoms with van der Waals surface area (Å²) >= 11 is 0. The topological polar surface area (TPSA) is 45.8 Å². The third-order valence-electron chi connectivity index (χ3n) is 4.09. The Labute approximate surface area is 95.7 Å². The lowest BCUT2D eigenvalue weighted by Crippen LogP contribution is -2.14. The number of carbonyl (C=O) groups is 1. The Hall–Kier alpha value is -1.12. The van der Waals surface area contributed by atoms with Crippen LogP contribution >= 0.6 is 0 Å². The van der Waals surface area contributed by atoms with Crippen LogP contribution in [0.1, 0.15) is 68.3 Å². The molecule has 3 nitrogen and oxygen atoms in total. The highest BCUT2D eigenvalue weighted by atomic mass is 16.1. The van der Waals surface area contributed by atoms with E-state index in [0.29, 0.717) is 11.7 Å². The van der Waals surface area contributed by atoms with Crippen molar-refractivity contribution in [3.05, 3.63) is 17.7 Å². The lowest BCUT2D eigenvalue weighted by Gasteiger charge is -2.24. The second kappa shape index (κ2) is 4.04. The van der Waals surface area contributed by atoms with E-state index in [9.17, 15) is 4.79 Å². The van der Waals surface area contributed by atoms with E-state index in [-0.39, 0.29) is 0 Å². The van der Waals surface area contributed by atoms with Crippen LogP contribution in [0.4, 0.5) is 0 Å². The van der Waals surface area contributed by atoms with Gasteiger partial charge in [-0.1, -0.05) is 6.42 Å². The number of H-pyrrole nitrogens is 1. The largest absolute Gasteiger partial charge is 0.345 e. The molecule has 0 unspecified atom stereocenters. The maximum absolute atomic E-state index is 11.2. The van der Waals surface area contributed by atoms with Gasteiger partial charge < -0.3 is 4.98 Å². The van der Waals surface area contributed by atoms with E-state index in [4.69, 9.17) is 0 Å². The number of imidazole rings is 1. The molecule has 16 heavy (non-hydrogen) atoms. The average Bonchev–Trinajstić information content (AvgIpc) is 2.65. The molecule has 3 heteroatoms. The number of carbonyl (C=O) groups excluding carboxylic acids is 1. The summed E-state index contributed by atoms with van der Waals surface area (Å²) < 4.78 is 0. The molecule has 0 aromatic carbocycles. The zero-order chi connectivity index (χ0) is 11.0. The maximum atomic E-state index is 11.2. The van der Waals surface area contributed by atoms with Gasteiger partial charge in [0.05, 0.1) is 0 Å². The quantitative estimate of drug-likeness (QED) is 0.829. The average molecular weight is 218 g/mol. The molecule has 2 aliphatic rings. The molecule has 1 aromatic rings. The zero-order valence-corrected chi connectivity index (χ0v) is 9.54. The van der Waals surface area contributed by atoms with Crippen molar-refractivity contribution in [2.75, 3.05) is 0 Å². The first kappa shape index (κ1) is 10.1. The molecule has 1 heterocycles. The summed E-state index contributed by atoms with van der Waals surface area (Å²) in [5, 5.41) is 0. The van der Waals surface area contributed by atoms with Gasteiger partial charge >= 0.3 is 0 Å². The first-order valence-electron chi connectivity index (χ1n) is 6.39. The molecule has 0 atom stereocenters. The van der Waals surface area contributed by atoms with Crippen LogP contribution in [0, 0.1) is 0 Å². The molecule has 1 N–H and O–H groups in total. The Morgan fingerprint density at radius 1 is 1.12 bits per heavy atom. The Bertz CT molecular complexity index is 382. The Morgan fingerprint density at radius 2 is 1.88 bits per heavy atom. The lowest BCUT2D eigenvalue weighted by molar-refractivity contribution is -0.120. The van der Waals surface area contributed by atoms with Crippen LogP contribution in [0.3, 0.4) is 0 Å². The Kier molecular flexibility index (Phi) is 2.54. The number of rotatable bonds is 2. The van der Waals surface area contributed by atoms with Crippen molar-refractivity contribution >= 4 is 5.78 Å². The van der Waals surface area contributed by atoms with E-state index in [1.54, 1.807) is 0 Å². The highest BCUT2D eigenvalue weighted by Gasteiger charge is 2.25. The molecule has 0 radical (unpaired) electrons. The second-order valence-corrected chi connectivity index (χ2v) is 5.16. The van der Waals surface area contributed by atoms with E-state index in [2.05, 4.69) is 9.97 Å².